The number of nitrogens with zero attached hydrogens (tertiary/aromatic N) is 2. The van der Waals surface area contributed by atoms with Gasteiger partial charge in [0.1, 0.15) is 24.8 Å². The molecule has 0 bridgehead atoms. The van der Waals surface area contributed by atoms with Crippen molar-refractivity contribution in [2.45, 2.75) is 69.6 Å². The van der Waals surface area contributed by atoms with Crippen molar-refractivity contribution in [1.29, 1.82) is 0 Å². The monoisotopic (exact) mass is 575 g/mol. The molecule has 1 fully saturated rings. The fourth-order valence-electron chi connectivity index (χ4n) is 5.78. The smallest absolute Gasteiger partial charge is 0.431 e. The van der Waals surface area contributed by atoms with Crippen molar-refractivity contribution in [3.63, 3.8) is 0 Å². The number of likely N-dealkylation sites (tertiary alicyclic amines) is 1. The second-order valence-electron chi connectivity index (χ2n) is 12.1. The van der Waals surface area contributed by atoms with Crippen LogP contribution in [0.15, 0.2) is 48.5 Å². The quantitative estimate of drug-likeness (QED) is 0.220. The van der Waals surface area contributed by atoms with Crippen molar-refractivity contribution in [3.05, 3.63) is 59.8 Å². The molecule has 3 atom stereocenters. The second-order valence-corrected chi connectivity index (χ2v) is 17.7. The van der Waals surface area contributed by atoms with Crippen LogP contribution in [0.3, 0.4) is 0 Å². The number of nitrogens with one attached hydrogen (secondary N) is 1. The van der Waals surface area contributed by atoms with Gasteiger partial charge >= 0.3 is 6.18 Å². The lowest BCUT2D eigenvalue weighted by molar-refractivity contribution is -0.145. The van der Waals surface area contributed by atoms with Gasteiger partial charge < -0.3 is 24.1 Å². The molecule has 2 aliphatic heterocycles. The number of piperidine rings is 1. The second kappa shape index (κ2) is 11.8. The first-order valence-electron chi connectivity index (χ1n) is 14.1. The number of rotatable bonds is 9. The van der Waals surface area contributed by atoms with E-state index in [9.17, 15) is 13.2 Å². The fraction of sp³-hybridized carbons (Fsp3) is 0.533. The summed E-state index contributed by atoms with van der Waals surface area (Å²) < 4.78 is 61.6. The summed E-state index contributed by atoms with van der Waals surface area (Å²) in [4.78, 5) is 2.39. The van der Waals surface area contributed by atoms with E-state index in [1.807, 2.05) is 36.4 Å². The van der Waals surface area contributed by atoms with Crippen LogP contribution in [0.25, 0.3) is 10.9 Å². The highest BCUT2D eigenvalue weighted by Crippen LogP contribution is 2.41. The molecule has 0 spiro atoms. The van der Waals surface area contributed by atoms with Crippen molar-refractivity contribution in [3.8, 4) is 5.75 Å². The molecule has 2 aliphatic rings. The van der Waals surface area contributed by atoms with Gasteiger partial charge in [-0.25, -0.2) is 0 Å². The molecule has 0 unspecified atom stereocenters. The lowest BCUT2D eigenvalue weighted by Crippen LogP contribution is -2.53. The van der Waals surface area contributed by atoms with Crippen LogP contribution < -0.4 is 10.1 Å². The minimum absolute atomic E-state index is 0.00261. The molecule has 0 saturated carbocycles. The Hall–Kier alpha value is -2.53. The van der Waals surface area contributed by atoms with Gasteiger partial charge in [0.2, 0.25) is 0 Å². The summed E-state index contributed by atoms with van der Waals surface area (Å²) in [5, 5.41) is 4.19. The van der Waals surface area contributed by atoms with Crippen molar-refractivity contribution >= 4 is 24.7 Å². The maximum absolute atomic E-state index is 14.2. The van der Waals surface area contributed by atoms with E-state index in [-0.39, 0.29) is 24.9 Å². The number of para-hydroxylation sites is 1. The third kappa shape index (κ3) is 6.35. The van der Waals surface area contributed by atoms with Gasteiger partial charge in [-0.3, -0.25) is 4.90 Å². The molecule has 1 N–H and O–H groups in total. The number of ether oxygens (including phenoxy) is 3. The summed E-state index contributed by atoms with van der Waals surface area (Å²) in [6, 6.07) is 15.3. The van der Waals surface area contributed by atoms with Gasteiger partial charge in [-0.05, 0) is 49.7 Å². The van der Waals surface area contributed by atoms with E-state index in [4.69, 9.17) is 14.2 Å². The molecule has 40 heavy (non-hydrogen) atoms. The normalized spacial score (nSPS) is 22.2. The first kappa shape index (κ1) is 29.0. The zero-order chi connectivity index (χ0) is 28.5. The number of fused-ring (bicyclic) bond motifs is 2. The highest BCUT2D eigenvalue weighted by atomic mass is 28.3. The molecule has 0 radical (unpaired) electrons. The van der Waals surface area contributed by atoms with Crippen LogP contribution in [0.1, 0.15) is 30.1 Å². The Morgan fingerprint density at radius 3 is 2.65 bits per heavy atom. The minimum atomic E-state index is -4.50. The van der Waals surface area contributed by atoms with Gasteiger partial charge in [0.15, 0.2) is 0 Å². The third-order valence-corrected chi connectivity index (χ3v) is 9.73. The zero-order valence-corrected chi connectivity index (χ0v) is 24.8. The summed E-state index contributed by atoms with van der Waals surface area (Å²) in [6.45, 7) is 9.18. The standard InChI is InChI=1S/C30H40F3N3O3Si/c1-37-21-9-8-14-35(18-21)26-19-39-27-13-6-5-10-22(27)29(26)34-24-11-7-12-25-23(24)17-28(30(31,32)33)36(25)20-38-15-16-40(2,3)4/h5-7,10-13,17,21,26,29,34H,8-9,14-16,18-20H2,1-4H3/t21-,26+,29+/m1/s1. The zero-order valence-electron chi connectivity index (χ0n) is 23.8. The Labute approximate surface area is 235 Å². The highest BCUT2D eigenvalue weighted by Gasteiger charge is 2.39. The molecule has 6 nitrogen and oxygen atoms in total. The molecular weight excluding hydrogens is 535 g/mol. The Bertz CT molecular complexity index is 1310. The van der Waals surface area contributed by atoms with Crippen LogP contribution in [0.4, 0.5) is 18.9 Å². The minimum Gasteiger partial charge on any atom is -0.491 e. The van der Waals surface area contributed by atoms with Gasteiger partial charge in [0, 0.05) is 45.0 Å². The Kier molecular flexibility index (Phi) is 8.52. The Morgan fingerprint density at radius 1 is 1.10 bits per heavy atom. The molecule has 5 rings (SSSR count). The van der Waals surface area contributed by atoms with Crippen molar-refractivity contribution in [1.82, 2.24) is 9.47 Å². The van der Waals surface area contributed by atoms with Gasteiger partial charge in [-0.15, -0.1) is 0 Å². The molecule has 0 aliphatic carbocycles. The first-order chi connectivity index (χ1) is 19.0. The lowest BCUT2D eigenvalue weighted by atomic mass is 9.92. The van der Waals surface area contributed by atoms with E-state index in [0.717, 1.165) is 43.3 Å². The summed E-state index contributed by atoms with van der Waals surface area (Å²) in [7, 11) is 0.382. The Balaban J connectivity index is 1.49. The van der Waals surface area contributed by atoms with Gasteiger partial charge in [-0.2, -0.15) is 13.2 Å². The maximum atomic E-state index is 14.2. The van der Waals surface area contributed by atoms with E-state index >= 15 is 0 Å². The van der Waals surface area contributed by atoms with E-state index < -0.39 is 19.9 Å². The molecule has 3 heterocycles. The molecular formula is C30H40F3N3O3Si. The molecule has 218 valence electrons. The first-order valence-corrected chi connectivity index (χ1v) is 17.8. The number of methoxy groups -OCH3 is 1. The molecule has 0 amide bonds. The number of aromatic nitrogens is 1. The summed E-state index contributed by atoms with van der Waals surface area (Å²) in [5.74, 6) is 0.799. The number of anilines is 1. The van der Waals surface area contributed by atoms with Crippen LogP contribution in [-0.4, -0.2) is 63.1 Å². The summed E-state index contributed by atoms with van der Waals surface area (Å²) in [6.07, 6.45) is -2.31. The lowest BCUT2D eigenvalue weighted by Gasteiger charge is -2.44. The van der Waals surface area contributed by atoms with Crippen molar-refractivity contribution < 1.29 is 27.4 Å². The van der Waals surface area contributed by atoms with Gasteiger partial charge in [-0.1, -0.05) is 43.9 Å². The van der Waals surface area contributed by atoms with E-state index in [2.05, 4.69) is 29.9 Å². The Morgan fingerprint density at radius 2 is 1.90 bits per heavy atom. The van der Waals surface area contributed by atoms with E-state index in [1.165, 1.54) is 10.6 Å². The van der Waals surface area contributed by atoms with Crippen molar-refractivity contribution in [2.24, 2.45) is 0 Å². The number of hydrogen-bond donors (Lipinski definition) is 1. The third-order valence-electron chi connectivity index (χ3n) is 8.02. The number of hydrogen-bond acceptors (Lipinski definition) is 5. The van der Waals surface area contributed by atoms with Crippen LogP contribution >= 0.6 is 0 Å². The topological polar surface area (TPSA) is 47.9 Å². The number of alkyl halides is 3. The van der Waals surface area contributed by atoms with Crippen LogP contribution in [0.5, 0.6) is 5.75 Å². The van der Waals surface area contributed by atoms with Gasteiger partial charge in [0.05, 0.1) is 23.7 Å². The predicted octanol–water partition coefficient (Wildman–Crippen LogP) is 7.00. The molecule has 10 heteroatoms. The van der Waals surface area contributed by atoms with Crippen LogP contribution in [-0.2, 0) is 22.4 Å². The summed E-state index contributed by atoms with van der Waals surface area (Å²) in [5.41, 5.74) is 1.46. The molecule has 2 aromatic carbocycles. The predicted molar refractivity (Wildman–Crippen MR) is 155 cm³/mol. The molecule has 1 aromatic heterocycles. The highest BCUT2D eigenvalue weighted by molar-refractivity contribution is 6.76. The average molecular weight is 576 g/mol. The molecule has 3 aromatic rings. The SMILES string of the molecule is CO[C@@H]1CCCN([C@H]2COc3ccccc3[C@@H]2Nc2cccc3c2cc(C(F)(F)F)n3COCC[Si](C)(C)C)C1. The van der Waals surface area contributed by atoms with Crippen LogP contribution in [0.2, 0.25) is 25.7 Å². The number of halogens is 3. The molecule has 1 saturated heterocycles. The fourth-order valence-corrected chi connectivity index (χ4v) is 6.54. The average Bonchev–Trinajstić information content (AvgIpc) is 3.31. The van der Waals surface area contributed by atoms with Crippen molar-refractivity contribution in [2.75, 3.05) is 38.7 Å². The summed E-state index contributed by atoms with van der Waals surface area (Å²) >= 11 is 0. The van der Waals surface area contributed by atoms with Gasteiger partial charge in [0.25, 0.3) is 0 Å². The van der Waals surface area contributed by atoms with E-state index in [1.54, 1.807) is 13.2 Å². The largest absolute Gasteiger partial charge is 0.491 e. The number of benzene rings is 2. The maximum Gasteiger partial charge on any atom is 0.431 e. The van der Waals surface area contributed by atoms with E-state index in [0.29, 0.717) is 29.8 Å². The van der Waals surface area contributed by atoms with Crippen LogP contribution in [0, 0.1) is 0 Å².